The summed E-state index contributed by atoms with van der Waals surface area (Å²) in [6.45, 7) is 2.54. The maximum atomic E-state index is 14.8. The molecule has 6 heteroatoms. The summed E-state index contributed by atoms with van der Waals surface area (Å²) in [6.07, 6.45) is 3.28. The summed E-state index contributed by atoms with van der Waals surface area (Å²) in [6, 6.07) is 11.0. The first kappa shape index (κ1) is 21.1. The van der Waals surface area contributed by atoms with Crippen LogP contribution < -0.4 is 0 Å². The van der Waals surface area contributed by atoms with Gasteiger partial charge < -0.3 is 9.30 Å². The number of benzene rings is 2. The highest BCUT2D eigenvalue weighted by Gasteiger charge is 2.41. The number of hydrogen-bond donors (Lipinski definition) is 0. The number of rotatable bonds is 5. The zero-order valence-electron chi connectivity index (χ0n) is 18.7. The maximum absolute atomic E-state index is 14.8. The molecule has 32 heavy (non-hydrogen) atoms. The molecule has 0 spiro atoms. The Kier molecular flexibility index (Phi) is 5.28. The largest absolute Gasteiger partial charge is 0.469 e. The molecule has 0 aliphatic carbocycles. The van der Waals surface area contributed by atoms with E-state index in [-0.39, 0.29) is 6.42 Å². The number of methoxy groups -OCH3 is 1. The Morgan fingerprint density at radius 3 is 2.75 bits per heavy atom. The van der Waals surface area contributed by atoms with Crippen molar-refractivity contribution < 1.29 is 18.3 Å². The lowest BCUT2D eigenvalue weighted by Crippen LogP contribution is -2.35. The molecule has 168 valence electrons. The lowest BCUT2D eigenvalue weighted by atomic mass is 9.94. The smallest absolute Gasteiger partial charge is 0.306 e. The van der Waals surface area contributed by atoms with Crippen molar-refractivity contribution in [2.45, 2.75) is 57.2 Å². The molecule has 4 nitrogen and oxygen atoms in total. The molecule has 3 heterocycles. The van der Waals surface area contributed by atoms with Gasteiger partial charge in [-0.2, -0.15) is 0 Å². The van der Waals surface area contributed by atoms with E-state index in [0.717, 1.165) is 24.4 Å². The van der Waals surface area contributed by atoms with Crippen LogP contribution in [0.4, 0.5) is 8.78 Å². The number of fused-ring (bicyclic) bond motifs is 6. The molecule has 3 atom stereocenters. The van der Waals surface area contributed by atoms with E-state index >= 15 is 0 Å². The van der Waals surface area contributed by atoms with Crippen molar-refractivity contribution in [1.29, 1.82) is 0 Å². The Labute approximate surface area is 186 Å². The topological polar surface area (TPSA) is 34.5 Å². The fourth-order valence-electron chi connectivity index (χ4n) is 5.79. The van der Waals surface area contributed by atoms with Crippen molar-refractivity contribution in [2.24, 2.45) is 0 Å². The van der Waals surface area contributed by atoms with Crippen LogP contribution in [0.3, 0.4) is 0 Å². The summed E-state index contributed by atoms with van der Waals surface area (Å²) in [5, 5.41) is 1.24. The van der Waals surface area contributed by atoms with Gasteiger partial charge in [0.1, 0.15) is 11.6 Å². The van der Waals surface area contributed by atoms with Gasteiger partial charge in [-0.05, 0) is 56.1 Å². The Balaban J connectivity index is 1.65. The van der Waals surface area contributed by atoms with Crippen LogP contribution in [-0.2, 0) is 22.5 Å². The van der Waals surface area contributed by atoms with E-state index in [4.69, 9.17) is 4.74 Å². The molecule has 3 aromatic rings. The number of esters is 1. The highest BCUT2D eigenvalue weighted by Crippen LogP contribution is 2.47. The van der Waals surface area contributed by atoms with E-state index in [1.54, 1.807) is 0 Å². The molecule has 5 rings (SSSR count). The molecule has 2 aromatic carbocycles. The van der Waals surface area contributed by atoms with E-state index in [2.05, 4.69) is 41.6 Å². The number of aryl methyl sites for hydroxylation is 1. The Morgan fingerprint density at radius 1 is 1.19 bits per heavy atom. The minimum absolute atomic E-state index is 0.0338. The van der Waals surface area contributed by atoms with E-state index in [1.165, 1.54) is 47.9 Å². The van der Waals surface area contributed by atoms with Gasteiger partial charge in [-0.1, -0.05) is 17.7 Å². The van der Waals surface area contributed by atoms with E-state index in [9.17, 15) is 13.6 Å². The van der Waals surface area contributed by atoms with Crippen LogP contribution in [0.15, 0.2) is 36.4 Å². The maximum Gasteiger partial charge on any atom is 0.306 e. The third-order valence-electron chi connectivity index (χ3n) is 7.42. The quantitative estimate of drug-likeness (QED) is 0.509. The highest BCUT2D eigenvalue weighted by atomic mass is 19.1. The lowest BCUT2D eigenvalue weighted by Gasteiger charge is -2.33. The van der Waals surface area contributed by atoms with Gasteiger partial charge in [0.25, 0.3) is 0 Å². The predicted octanol–water partition coefficient (Wildman–Crippen LogP) is 5.27. The van der Waals surface area contributed by atoms with Gasteiger partial charge >= 0.3 is 5.97 Å². The minimum atomic E-state index is -0.625. The monoisotopic (exact) mass is 438 g/mol. The standard InChI is InChI=1S/C26H28F2N2O2/c1-15-4-8-22-20(10-15)26-23-9-6-18(29(23)2)13-24(26)30(22)14-16(11-25(31)32-3)19-7-5-17(27)12-21(19)28/h4-5,7-8,10,12,16,18,23H,6,9,11,13-14H2,1-3H3. The van der Waals surface area contributed by atoms with Crippen LogP contribution in [0.25, 0.3) is 10.9 Å². The van der Waals surface area contributed by atoms with E-state index < -0.39 is 23.5 Å². The Hall–Kier alpha value is -2.73. The van der Waals surface area contributed by atoms with Gasteiger partial charge in [-0.15, -0.1) is 0 Å². The summed E-state index contributed by atoms with van der Waals surface area (Å²) in [7, 11) is 3.54. The SMILES string of the molecule is COC(=O)CC(Cn1c2c(c3cc(C)ccc31)C1CCC(C2)N1C)c1ccc(F)cc1F. The fraction of sp³-hybridized carbons (Fsp3) is 0.423. The first-order chi connectivity index (χ1) is 15.4. The average molecular weight is 439 g/mol. The number of halogens is 2. The molecule has 0 radical (unpaired) electrons. The summed E-state index contributed by atoms with van der Waals surface area (Å²) >= 11 is 0. The normalized spacial score (nSPS) is 21.0. The van der Waals surface area contributed by atoms with Crippen LogP contribution in [0.2, 0.25) is 0 Å². The van der Waals surface area contributed by atoms with Gasteiger partial charge in [0.05, 0.1) is 13.5 Å². The molecule has 0 amide bonds. The summed E-state index contributed by atoms with van der Waals surface area (Å²) in [4.78, 5) is 14.7. The van der Waals surface area contributed by atoms with Gasteiger partial charge in [-0.25, -0.2) is 8.78 Å². The number of carbonyl (C=O) groups is 1. The number of carbonyl (C=O) groups excluding carboxylic acids is 1. The molecule has 0 N–H and O–H groups in total. The second-order valence-corrected chi connectivity index (χ2v) is 9.25. The fourth-order valence-corrected chi connectivity index (χ4v) is 5.79. The number of hydrogen-bond acceptors (Lipinski definition) is 3. The number of aromatic nitrogens is 1. The van der Waals surface area contributed by atoms with Crippen molar-refractivity contribution in [3.8, 4) is 0 Å². The molecule has 2 bridgehead atoms. The summed E-state index contributed by atoms with van der Waals surface area (Å²) < 4.78 is 35.5. The van der Waals surface area contributed by atoms with Gasteiger partial charge in [0, 0.05) is 53.6 Å². The third-order valence-corrected chi connectivity index (χ3v) is 7.42. The van der Waals surface area contributed by atoms with Crippen molar-refractivity contribution in [2.75, 3.05) is 14.2 Å². The molecular formula is C26H28F2N2O2. The highest BCUT2D eigenvalue weighted by molar-refractivity contribution is 5.87. The van der Waals surface area contributed by atoms with E-state index in [0.29, 0.717) is 24.2 Å². The molecule has 1 saturated heterocycles. The van der Waals surface area contributed by atoms with Crippen molar-refractivity contribution in [1.82, 2.24) is 9.47 Å². The van der Waals surface area contributed by atoms with Crippen molar-refractivity contribution in [3.05, 3.63) is 70.4 Å². The first-order valence-corrected chi connectivity index (χ1v) is 11.2. The molecule has 2 aliphatic rings. The van der Waals surface area contributed by atoms with E-state index in [1.807, 2.05) is 0 Å². The second-order valence-electron chi connectivity index (χ2n) is 9.25. The number of likely N-dealkylation sites (N-methyl/N-ethyl adjacent to an activating group) is 1. The number of nitrogens with zero attached hydrogens (tertiary/aromatic N) is 2. The zero-order valence-corrected chi connectivity index (χ0v) is 18.7. The zero-order chi connectivity index (χ0) is 22.6. The molecular weight excluding hydrogens is 410 g/mol. The first-order valence-electron chi connectivity index (χ1n) is 11.2. The van der Waals surface area contributed by atoms with Crippen molar-refractivity contribution >= 4 is 16.9 Å². The molecule has 3 unspecified atom stereocenters. The average Bonchev–Trinajstić information content (AvgIpc) is 3.16. The Bertz CT molecular complexity index is 1200. The van der Waals surface area contributed by atoms with Crippen LogP contribution >= 0.6 is 0 Å². The third kappa shape index (κ3) is 3.41. The van der Waals surface area contributed by atoms with Gasteiger partial charge in [-0.3, -0.25) is 9.69 Å². The van der Waals surface area contributed by atoms with Crippen LogP contribution in [-0.4, -0.2) is 35.6 Å². The minimum Gasteiger partial charge on any atom is -0.469 e. The number of ether oxygens (including phenoxy) is 1. The van der Waals surface area contributed by atoms with Crippen LogP contribution in [0, 0.1) is 18.6 Å². The summed E-state index contributed by atoms with van der Waals surface area (Å²) in [5.41, 5.74) is 5.31. The molecule has 1 aromatic heterocycles. The lowest BCUT2D eigenvalue weighted by molar-refractivity contribution is -0.141. The Morgan fingerprint density at radius 2 is 2.00 bits per heavy atom. The molecule has 0 saturated carbocycles. The van der Waals surface area contributed by atoms with Crippen molar-refractivity contribution in [3.63, 3.8) is 0 Å². The molecule has 1 fully saturated rings. The van der Waals surface area contributed by atoms with Crippen LogP contribution in [0.5, 0.6) is 0 Å². The predicted molar refractivity (Wildman–Crippen MR) is 120 cm³/mol. The van der Waals surface area contributed by atoms with Gasteiger partial charge in [0.2, 0.25) is 0 Å². The molecule has 2 aliphatic heterocycles. The van der Waals surface area contributed by atoms with Crippen LogP contribution in [0.1, 0.15) is 53.6 Å². The second kappa shape index (κ2) is 8.00. The van der Waals surface area contributed by atoms with Gasteiger partial charge in [0.15, 0.2) is 0 Å². The summed E-state index contributed by atoms with van der Waals surface area (Å²) in [5.74, 6) is -2.11.